The van der Waals surface area contributed by atoms with Gasteiger partial charge in [-0.1, -0.05) is 19.3 Å². The Hall–Kier alpha value is -2.70. The van der Waals surface area contributed by atoms with Crippen LogP contribution < -0.4 is 5.32 Å². The minimum atomic E-state index is -0.881. The van der Waals surface area contributed by atoms with Gasteiger partial charge in [-0.05, 0) is 43.2 Å². The highest BCUT2D eigenvalue weighted by atomic mass is 19.1. The second kappa shape index (κ2) is 7.04. The van der Waals surface area contributed by atoms with Gasteiger partial charge in [-0.15, -0.1) is 0 Å². The average molecular weight is 345 g/mol. The van der Waals surface area contributed by atoms with Crippen molar-refractivity contribution in [2.24, 2.45) is 5.41 Å². The van der Waals surface area contributed by atoms with Crippen molar-refractivity contribution in [1.82, 2.24) is 15.5 Å². The molecule has 25 heavy (non-hydrogen) atoms. The Morgan fingerprint density at radius 1 is 1.20 bits per heavy atom. The largest absolute Gasteiger partial charge is 0.481 e. The molecule has 132 valence electrons. The summed E-state index contributed by atoms with van der Waals surface area (Å²) in [5.74, 6) is -1.60. The summed E-state index contributed by atoms with van der Waals surface area (Å²) in [6.45, 7) is 0.103. The van der Waals surface area contributed by atoms with Gasteiger partial charge in [0.25, 0.3) is 5.91 Å². The van der Waals surface area contributed by atoms with E-state index in [9.17, 15) is 19.1 Å². The SMILES string of the molecule is O=C(NCC1(C(=O)O)CCCCC1)c1cc(-c2ccc(F)cc2)n[nH]1. The van der Waals surface area contributed by atoms with E-state index in [1.807, 2.05) is 0 Å². The van der Waals surface area contributed by atoms with Crippen LogP contribution in [0.2, 0.25) is 0 Å². The third-order valence-electron chi connectivity index (χ3n) is 4.81. The fourth-order valence-electron chi connectivity index (χ4n) is 3.25. The fraction of sp³-hybridized carbons (Fsp3) is 0.389. The van der Waals surface area contributed by atoms with Crippen molar-refractivity contribution in [2.75, 3.05) is 6.54 Å². The van der Waals surface area contributed by atoms with E-state index in [4.69, 9.17) is 0 Å². The van der Waals surface area contributed by atoms with Crippen molar-refractivity contribution in [3.63, 3.8) is 0 Å². The molecule has 1 heterocycles. The Bertz CT molecular complexity index is 764. The number of hydrogen-bond donors (Lipinski definition) is 3. The van der Waals surface area contributed by atoms with Gasteiger partial charge in [-0.3, -0.25) is 14.7 Å². The predicted molar refractivity (Wildman–Crippen MR) is 89.5 cm³/mol. The minimum absolute atomic E-state index is 0.103. The molecule has 2 aromatic rings. The summed E-state index contributed by atoms with van der Waals surface area (Å²) >= 11 is 0. The summed E-state index contributed by atoms with van der Waals surface area (Å²) in [4.78, 5) is 24.0. The van der Waals surface area contributed by atoms with Crippen LogP contribution in [0.5, 0.6) is 0 Å². The van der Waals surface area contributed by atoms with E-state index in [0.717, 1.165) is 19.3 Å². The van der Waals surface area contributed by atoms with E-state index in [1.54, 1.807) is 18.2 Å². The first kappa shape index (κ1) is 17.1. The lowest BCUT2D eigenvalue weighted by Crippen LogP contribution is -2.44. The van der Waals surface area contributed by atoms with Gasteiger partial charge in [0.1, 0.15) is 11.5 Å². The molecule has 3 rings (SSSR count). The number of nitrogens with one attached hydrogen (secondary N) is 2. The second-order valence-electron chi connectivity index (χ2n) is 6.50. The maximum Gasteiger partial charge on any atom is 0.311 e. The molecule has 1 amide bonds. The lowest BCUT2D eigenvalue weighted by molar-refractivity contribution is -0.150. The Morgan fingerprint density at radius 2 is 1.88 bits per heavy atom. The van der Waals surface area contributed by atoms with E-state index in [1.165, 1.54) is 12.1 Å². The third kappa shape index (κ3) is 3.70. The molecule has 0 bridgehead atoms. The van der Waals surface area contributed by atoms with Crippen LogP contribution in [0.25, 0.3) is 11.3 Å². The number of carbonyl (C=O) groups is 2. The zero-order chi connectivity index (χ0) is 17.9. The van der Waals surface area contributed by atoms with Crippen molar-refractivity contribution in [1.29, 1.82) is 0 Å². The van der Waals surface area contributed by atoms with Gasteiger partial charge < -0.3 is 10.4 Å². The molecule has 1 fully saturated rings. The van der Waals surface area contributed by atoms with E-state index in [-0.39, 0.29) is 18.1 Å². The number of H-pyrrole nitrogens is 1. The maximum absolute atomic E-state index is 13.0. The van der Waals surface area contributed by atoms with Crippen LogP contribution in [0.1, 0.15) is 42.6 Å². The second-order valence-corrected chi connectivity index (χ2v) is 6.50. The molecule has 0 saturated heterocycles. The average Bonchev–Trinajstić information content (AvgIpc) is 3.11. The van der Waals surface area contributed by atoms with Gasteiger partial charge in [0.05, 0.1) is 11.1 Å². The zero-order valence-electron chi connectivity index (χ0n) is 13.7. The molecular weight excluding hydrogens is 325 g/mol. The number of benzene rings is 1. The monoisotopic (exact) mass is 345 g/mol. The minimum Gasteiger partial charge on any atom is -0.481 e. The number of carboxylic acid groups (broad SMARTS) is 1. The Kier molecular flexibility index (Phi) is 4.83. The van der Waals surface area contributed by atoms with Crippen LogP contribution in [0.3, 0.4) is 0 Å². The fourth-order valence-corrected chi connectivity index (χ4v) is 3.25. The first-order valence-corrected chi connectivity index (χ1v) is 8.33. The molecular formula is C18H20FN3O3. The van der Waals surface area contributed by atoms with Gasteiger partial charge in [0, 0.05) is 12.1 Å². The number of halogens is 1. The van der Waals surface area contributed by atoms with Gasteiger partial charge in [0.15, 0.2) is 0 Å². The third-order valence-corrected chi connectivity index (χ3v) is 4.81. The summed E-state index contributed by atoms with van der Waals surface area (Å²) in [5, 5.41) is 19.0. The predicted octanol–water partition coefficient (Wildman–Crippen LogP) is 2.98. The van der Waals surface area contributed by atoms with Gasteiger partial charge in [-0.25, -0.2) is 4.39 Å². The van der Waals surface area contributed by atoms with Crippen LogP contribution in [0.4, 0.5) is 4.39 Å². The number of amides is 1. The topological polar surface area (TPSA) is 95.1 Å². The summed E-state index contributed by atoms with van der Waals surface area (Å²) in [6.07, 6.45) is 3.91. The molecule has 1 aliphatic carbocycles. The number of rotatable bonds is 5. The van der Waals surface area contributed by atoms with Crippen molar-refractivity contribution >= 4 is 11.9 Å². The summed E-state index contributed by atoms with van der Waals surface area (Å²) in [6, 6.07) is 7.37. The van der Waals surface area contributed by atoms with Crippen LogP contribution in [-0.4, -0.2) is 33.7 Å². The number of carboxylic acids is 1. The van der Waals surface area contributed by atoms with Crippen molar-refractivity contribution in [2.45, 2.75) is 32.1 Å². The Labute approximate surface area is 144 Å². The van der Waals surface area contributed by atoms with E-state index in [0.29, 0.717) is 24.1 Å². The molecule has 7 heteroatoms. The van der Waals surface area contributed by atoms with Crippen molar-refractivity contribution < 1.29 is 19.1 Å². The molecule has 0 aliphatic heterocycles. The lowest BCUT2D eigenvalue weighted by Gasteiger charge is -2.33. The number of aromatic nitrogens is 2. The van der Waals surface area contributed by atoms with Gasteiger partial charge in [0.2, 0.25) is 0 Å². The van der Waals surface area contributed by atoms with E-state index >= 15 is 0 Å². The molecule has 3 N–H and O–H groups in total. The number of carbonyl (C=O) groups excluding carboxylic acids is 1. The first-order valence-electron chi connectivity index (χ1n) is 8.33. The molecule has 1 aromatic carbocycles. The Balaban J connectivity index is 1.67. The van der Waals surface area contributed by atoms with Gasteiger partial charge >= 0.3 is 5.97 Å². The molecule has 0 unspecified atom stereocenters. The van der Waals surface area contributed by atoms with E-state index in [2.05, 4.69) is 15.5 Å². The quantitative estimate of drug-likeness (QED) is 0.776. The van der Waals surface area contributed by atoms with Crippen molar-refractivity contribution in [3.8, 4) is 11.3 Å². The maximum atomic E-state index is 13.0. The molecule has 1 aromatic heterocycles. The number of aromatic amines is 1. The number of nitrogens with zero attached hydrogens (tertiary/aromatic N) is 1. The molecule has 1 saturated carbocycles. The molecule has 0 spiro atoms. The molecule has 1 aliphatic rings. The first-order chi connectivity index (χ1) is 12.0. The van der Waals surface area contributed by atoms with E-state index < -0.39 is 17.3 Å². The Morgan fingerprint density at radius 3 is 2.52 bits per heavy atom. The lowest BCUT2D eigenvalue weighted by atomic mass is 9.74. The van der Waals surface area contributed by atoms with Crippen LogP contribution in [0, 0.1) is 11.2 Å². The molecule has 0 atom stereocenters. The van der Waals surface area contributed by atoms with Crippen molar-refractivity contribution in [3.05, 3.63) is 41.8 Å². The highest BCUT2D eigenvalue weighted by Crippen LogP contribution is 2.36. The van der Waals surface area contributed by atoms with Gasteiger partial charge in [-0.2, -0.15) is 5.10 Å². The van der Waals surface area contributed by atoms with Crippen LogP contribution >= 0.6 is 0 Å². The number of aliphatic carboxylic acids is 1. The normalized spacial score (nSPS) is 16.4. The standard InChI is InChI=1S/C18H20FN3O3/c19-13-6-4-12(5-7-13)14-10-15(22-21-14)16(23)20-11-18(17(24)25)8-2-1-3-9-18/h4-7,10H,1-3,8-9,11H2,(H,20,23)(H,21,22)(H,24,25). The van der Waals surface area contributed by atoms with Crippen LogP contribution in [0.15, 0.2) is 30.3 Å². The number of hydrogen-bond acceptors (Lipinski definition) is 3. The highest BCUT2D eigenvalue weighted by molar-refractivity contribution is 5.93. The molecule has 6 nitrogen and oxygen atoms in total. The zero-order valence-corrected chi connectivity index (χ0v) is 13.7. The summed E-state index contributed by atoms with van der Waals surface area (Å²) < 4.78 is 13.0. The summed E-state index contributed by atoms with van der Waals surface area (Å²) in [7, 11) is 0. The highest BCUT2D eigenvalue weighted by Gasteiger charge is 2.39. The smallest absolute Gasteiger partial charge is 0.311 e. The summed E-state index contributed by atoms with van der Waals surface area (Å²) in [5.41, 5.74) is 0.575. The molecule has 0 radical (unpaired) electrons. The van der Waals surface area contributed by atoms with Crippen LogP contribution in [-0.2, 0) is 4.79 Å².